The first-order valence-electron chi connectivity index (χ1n) is 36.6. The van der Waals surface area contributed by atoms with Crippen molar-refractivity contribution in [3.05, 3.63) is 307 Å². The van der Waals surface area contributed by atoms with Gasteiger partial charge in [0.25, 0.3) is 6.71 Å². The number of fused-ring (bicyclic) bond motifs is 10. The van der Waals surface area contributed by atoms with E-state index in [1.54, 1.807) is 0 Å². The van der Waals surface area contributed by atoms with Crippen LogP contribution >= 0.6 is 0 Å². The summed E-state index contributed by atoms with van der Waals surface area (Å²) in [6, 6.07) is 107. The minimum atomic E-state index is -0.219. The Bertz CT molecular complexity index is 5610. The fourth-order valence-corrected chi connectivity index (χ4v) is 16.7. The van der Waals surface area contributed by atoms with Crippen molar-refractivity contribution in [2.75, 3.05) is 0 Å². The molecule has 18 rings (SSSR count). The Morgan fingerprint density at radius 3 is 0.845 bits per heavy atom. The van der Waals surface area contributed by atoms with E-state index in [-0.39, 0.29) is 28.4 Å². The topological polar surface area (TPSA) is 35.6 Å². The minimum absolute atomic E-state index is 0.166. The summed E-state index contributed by atoms with van der Waals surface area (Å²) in [7, 11) is 0. The molecule has 0 fully saturated rings. The highest BCUT2D eigenvalue weighted by atomic mass is 15.0. The van der Waals surface area contributed by atoms with E-state index in [1.165, 1.54) is 105 Å². The highest BCUT2D eigenvalue weighted by molar-refractivity contribution is 7.00. The molecule has 4 nitrogen and oxygen atoms in total. The van der Waals surface area contributed by atoms with Crippen LogP contribution in [0.15, 0.2) is 285 Å². The second kappa shape index (κ2) is 23.6. The Balaban J connectivity index is 1.03. The van der Waals surface area contributed by atoms with Crippen LogP contribution in [0.2, 0.25) is 0 Å². The first-order valence-corrected chi connectivity index (χ1v) is 36.6. The zero-order valence-corrected chi connectivity index (χ0v) is 61.0. The van der Waals surface area contributed by atoms with Gasteiger partial charge >= 0.3 is 0 Å². The van der Waals surface area contributed by atoms with Crippen molar-refractivity contribution in [3.63, 3.8) is 0 Å². The Kier molecular flexibility index (Phi) is 14.6. The zero-order chi connectivity index (χ0) is 70.6. The predicted octanol–water partition coefficient (Wildman–Crippen LogP) is 24.0. The second-order valence-corrected chi connectivity index (χ2v) is 33.0. The van der Waals surface area contributed by atoms with E-state index in [1.807, 2.05) is 0 Å². The Hall–Kier alpha value is -11.4. The van der Waals surface area contributed by atoms with E-state index >= 15 is 0 Å². The maximum atomic E-state index is 6.02. The summed E-state index contributed by atoms with van der Waals surface area (Å²) < 4.78 is 5.40. The lowest BCUT2D eigenvalue weighted by Gasteiger charge is -2.35. The van der Waals surface area contributed by atoms with Crippen molar-refractivity contribution in [1.29, 1.82) is 0 Å². The number of aromatic nitrogens is 4. The molecule has 0 spiro atoms. The molecule has 0 unspecified atom stereocenters. The molecule has 498 valence electrons. The molecule has 13 aromatic carbocycles. The fourth-order valence-electron chi connectivity index (χ4n) is 16.7. The molecule has 5 heterocycles. The lowest BCUT2D eigenvalue weighted by molar-refractivity contribution is 0.572. The average molecular weight is 1330 g/mol. The van der Waals surface area contributed by atoms with E-state index in [9.17, 15) is 0 Å². The molecule has 0 bridgehead atoms. The first kappa shape index (κ1) is 63.8. The lowest BCUT2D eigenvalue weighted by atomic mass is 9.34. The summed E-state index contributed by atoms with van der Waals surface area (Å²) in [5, 5.41) is 5.12. The number of hydrogen-bond donors (Lipinski definition) is 0. The highest BCUT2D eigenvalue weighted by Gasteiger charge is 2.44. The maximum Gasteiger partial charge on any atom is 0.252 e. The molecule has 16 aromatic rings. The predicted molar refractivity (Wildman–Crippen MR) is 439 cm³/mol. The lowest BCUT2D eigenvalue weighted by Crippen LogP contribution is -2.59. The van der Waals surface area contributed by atoms with Crippen LogP contribution in [0.3, 0.4) is 0 Å². The summed E-state index contributed by atoms with van der Waals surface area (Å²) in [5.74, 6) is 0.647. The number of hydrogen-bond acceptors (Lipinski definition) is 2. The van der Waals surface area contributed by atoms with Crippen LogP contribution in [0.25, 0.3) is 156 Å². The number of nitrogens with zero attached hydrogens (tertiary/aromatic N) is 4. The third-order valence-electron chi connectivity index (χ3n) is 21.9. The van der Waals surface area contributed by atoms with Crippen LogP contribution in [-0.2, 0) is 21.7 Å². The number of rotatable bonds is 9. The summed E-state index contributed by atoms with van der Waals surface area (Å²) in [5.41, 5.74) is 34.1. The average Bonchev–Trinajstić information content (AvgIpc) is 1.53. The quantitative estimate of drug-likeness (QED) is 0.135. The van der Waals surface area contributed by atoms with Crippen molar-refractivity contribution in [2.24, 2.45) is 0 Å². The van der Waals surface area contributed by atoms with Gasteiger partial charge in [0.1, 0.15) is 0 Å². The smallest absolute Gasteiger partial charge is 0.252 e. The first-order chi connectivity index (χ1) is 49.6. The van der Waals surface area contributed by atoms with Crippen LogP contribution in [0.5, 0.6) is 0 Å². The molecule has 0 radical (unpaired) electrons. The molecule has 3 aromatic heterocycles. The standard InChI is InChI=1S/C98H83BN4/c1-95(2,3)75-55-79(97(7,8)9)89-77-49-70(64-39-27-17-28-40-64)51-81-92(77)102(85(89)57-75)87-53-74(54-88-91(87)99(81)82-52-71(65-41-29-18-30-42-65)50-78-90-80(98(10,11)12)56-76(96(4,5)6)58-86(90)103(88)93(78)82)94-100-83(72-45-66(60-31-19-13-20-32-60)43-67(46-72)61-33-21-14-22-34-61)59-84(101-94)73-47-68(62-35-23-15-24-36-62)44-69(48-73)63-37-25-16-26-38-63/h13-59H,1-12H3. The summed E-state index contributed by atoms with van der Waals surface area (Å²) in [6.45, 7) is 28.5. The monoisotopic (exact) mass is 1330 g/mol. The molecule has 0 saturated heterocycles. The van der Waals surface area contributed by atoms with Crippen molar-refractivity contribution < 1.29 is 0 Å². The molecular weight excluding hydrogens is 1240 g/mol. The molecule has 5 heteroatoms. The van der Waals surface area contributed by atoms with Gasteiger partial charge in [-0.1, -0.05) is 289 Å². The van der Waals surface area contributed by atoms with Gasteiger partial charge in [0.15, 0.2) is 5.82 Å². The molecule has 0 amide bonds. The van der Waals surface area contributed by atoms with Crippen LogP contribution in [-0.4, -0.2) is 25.8 Å². The Morgan fingerprint density at radius 2 is 0.553 bits per heavy atom. The summed E-state index contributed by atoms with van der Waals surface area (Å²) >= 11 is 0. The van der Waals surface area contributed by atoms with E-state index in [0.29, 0.717) is 5.82 Å². The van der Waals surface area contributed by atoms with Crippen LogP contribution in [0.4, 0.5) is 0 Å². The Morgan fingerprint density at radius 1 is 0.262 bits per heavy atom. The SMILES string of the molecule is CC(C)(C)c1cc(C(C)(C)C)c2c3cc(-c4ccccc4)cc4c3n(c2c1)-c1cc(-c2nc(-c3cc(-c5ccccc5)cc(-c5ccccc5)c3)cc(-c3cc(-c5ccccc5)cc(-c5ccccc5)c3)n2)cc2c1B4c1cc(-c3ccccc3)cc3c4c(C(C)(C)C)cc(C(C)(C)C)cc4n-2c13. The molecule has 2 aliphatic heterocycles. The molecule has 0 aliphatic carbocycles. The van der Waals surface area contributed by atoms with Crippen LogP contribution in [0.1, 0.15) is 105 Å². The fraction of sp³-hybridized carbons (Fsp3) is 0.163. The van der Waals surface area contributed by atoms with Gasteiger partial charge in [-0.25, -0.2) is 9.97 Å². The van der Waals surface area contributed by atoms with Gasteiger partial charge in [0.05, 0.1) is 22.4 Å². The van der Waals surface area contributed by atoms with E-state index < -0.39 is 0 Å². The van der Waals surface area contributed by atoms with Gasteiger partial charge in [-0.15, -0.1) is 0 Å². The highest BCUT2D eigenvalue weighted by Crippen LogP contribution is 2.49. The van der Waals surface area contributed by atoms with Gasteiger partial charge < -0.3 is 9.13 Å². The summed E-state index contributed by atoms with van der Waals surface area (Å²) in [4.78, 5) is 12.0. The van der Waals surface area contributed by atoms with Crippen molar-refractivity contribution in [3.8, 4) is 112 Å². The minimum Gasteiger partial charge on any atom is -0.310 e. The summed E-state index contributed by atoms with van der Waals surface area (Å²) in [6.07, 6.45) is 0. The van der Waals surface area contributed by atoms with Gasteiger partial charge in [-0.3, -0.25) is 0 Å². The van der Waals surface area contributed by atoms with Crippen molar-refractivity contribution >= 4 is 66.7 Å². The van der Waals surface area contributed by atoms with Gasteiger partial charge in [0.2, 0.25) is 0 Å². The largest absolute Gasteiger partial charge is 0.310 e. The van der Waals surface area contributed by atoms with Crippen molar-refractivity contribution in [1.82, 2.24) is 19.1 Å². The van der Waals surface area contributed by atoms with Gasteiger partial charge in [-0.2, -0.15) is 0 Å². The number of benzene rings is 13. The molecule has 0 N–H and O–H groups in total. The third kappa shape index (κ3) is 10.8. The maximum absolute atomic E-state index is 6.02. The third-order valence-corrected chi connectivity index (χ3v) is 21.9. The molecular formula is C98H83BN4. The molecule has 103 heavy (non-hydrogen) atoms. The normalized spacial score (nSPS) is 12.8. The van der Waals surface area contributed by atoms with Crippen LogP contribution in [0, 0.1) is 0 Å². The zero-order valence-electron chi connectivity index (χ0n) is 61.0. The molecule has 0 atom stereocenters. The van der Waals surface area contributed by atoms with Gasteiger partial charge in [-0.05, 0) is 206 Å². The van der Waals surface area contributed by atoms with E-state index in [2.05, 4.69) is 377 Å². The van der Waals surface area contributed by atoms with Gasteiger partial charge in [0, 0.05) is 60.6 Å². The molecule has 0 saturated carbocycles. The second-order valence-electron chi connectivity index (χ2n) is 33.0. The van der Waals surface area contributed by atoms with Crippen molar-refractivity contribution in [2.45, 2.75) is 105 Å². The van der Waals surface area contributed by atoms with E-state index in [0.717, 1.165) is 84.0 Å². The van der Waals surface area contributed by atoms with E-state index in [4.69, 9.17) is 9.97 Å². The Labute approximate surface area is 606 Å². The molecule has 2 aliphatic rings. The van der Waals surface area contributed by atoms with Crippen LogP contribution < -0.4 is 16.4 Å².